The van der Waals surface area contributed by atoms with Crippen LogP contribution in [-0.2, 0) is 19.1 Å². The molecule has 0 bridgehead atoms. The van der Waals surface area contributed by atoms with Gasteiger partial charge in [-0.05, 0) is 41.5 Å². The lowest BCUT2D eigenvalue weighted by Gasteiger charge is -2.45. The summed E-state index contributed by atoms with van der Waals surface area (Å²) in [7, 11) is 0.959. The van der Waals surface area contributed by atoms with Gasteiger partial charge in [0.1, 0.15) is 12.2 Å². The average molecular weight is 631 g/mol. The summed E-state index contributed by atoms with van der Waals surface area (Å²) < 4.78 is 11.7. The molecule has 0 radical (unpaired) electrons. The normalized spacial score (nSPS) is 23.9. The fraction of sp³-hybridized carbons (Fsp3) is 0.577. The van der Waals surface area contributed by atoms with Gasteiger partial charge in [-0.3, -0.25) is 9.59 Å². The number of carbonyl (C=O) groups excluding carboxylic acids is 3. The van der Waals surface area contributed by atoms with E-state index in [1.54, 1.807) is 17.8 Å². The van der Waals surface area contributed by atoms with Crippen LogP contribution in [0, 0.1) is 4.91 Å². The van der Waals surface area contributed by atoms with Gasteiger partial charge in [-0.25, -0.2) is 4.79 Å². The van der Waals surface area contributed by atoms with Gasteiger partial charge in [0.25, 0.3) is 5.91 Å². The van der Waals surface area contributed by atoms with Crippen molar-refractivity contribution in [3.63, 3.8) is 0 Å². The molecule has 41 heavy (non-hydrogen) atoms. The highest BCUT2D eigenvalue weighted by atomic mass is 32.2. The molecule has 3 amide bonds. The zero-order valence-corrected chi connectivity index (χ0v) is 25.4. The SMILES string of the molecule is CCSCCCOC1(C(=O)[N+](C)=O)CC(O)C(NC(C)=O)C(C(O)C(O)CNC(=O)c2ccc(-c3cccs3)s2)O1. The van der Waals surface area contributed by atoms with Crippen molar-refractivity contribution in [1.29, 1.82) is 0 Å². The molecule has 3 rings (SSSR count). The first-order valence-electron chi connectivity index (χ1n) is 13.1. The Morgan fingerprint density at radius 3 is 2.66 bits per heavy atom. The van der Waals surface area contributed by atoms with Gasteiger partial charge in [0.05, 0.1) is 34.5 Å². The fourth-order valence-electron chi connectivity index (χ4n) is 4.37. The van der Waals surface area contributed by atoms with Crippen LogP contribution in [0.4, 0.5) is 0 Å². The molecular formula is C26H36N3O9S3+. The molecular weight excluding hydrogens is 594 g/mol. The number of ether oxygens (including phenoxy) is 2. The Morgan fingerprint density at radius 1 is 1.27 bits per heavy atom. The van der Waals surface area contributed by atoms with Gasteiger partial charge in [0.2, 0.25) is 5.91 Å². The second-order valence-electron chi connectivity index (χ2n) is 9.44. The van der Waals surface area contributed by atoms with Gasteiger partial charge in [-0.2, -0.15) is 11.8 Å². The molecule has 2 aromatic heterocycles. The van der Waals surface area contributed by atoms with E-state index in [1.807, 2.05) is 30.5 Å². The number of likely N-dealkylation sites (N-methyl/N-ethyl adjacent to an activating group) is 1. The molecule has 15 heteroatoms. The Kier molecular flexibility index (Phi) is 12.4. The molecule has 0 aromatic carbocycles. The Morgan fingerprint density at radius 2 is 2.02 bits per heavy atom. The van der Waals surface area contributed by atoms with Crippen LogP contribution in [0.25, 0.3) is 9.75 Å². The van der Waals surface area contributed by atoms with E-state index < -0.39 is 66.9 Å². The van der Waals surface area contributed by atoms with Gasteiger partial charge < -0.3 is 35.4 Å². The van der Waals surface area contributed by atoms with Crippen molar-refractivity contribution in [3.8, 4) is 9.75 Å². The van der Waals surface area contributed by atoms with E-state index in [0.29, 0.717) is 17.1 Å². The molecule has 6 unspecified atom stereocenters. The topological polar surface area (TPSA) is 174 Å². The molecule has 3 heterocycles. The number of aliphatic hydroxyl groups excluding tert-OH is 3. The lowest BCUT2D eigenvalue weighted by Crippen LogP contribution is -2.68. The van der Waals surface area contributed by atoms with E-state index in [9.17, 15) is 34.6 Å². The molecule has 2 aromatic rings. The molecule has 1 fully saturated rings. The van der Waals surface area contributed by atoms with E-state index in [0.717, 1.165) is 22.6 Å². The highest BCUT2D eigenvalue weighted by molar-refractivity contribution is 7.99. The van der Waals surface area contributed by atoms with Gasteiger partial charge in [0, 0.05) is 34.6 Å². The molecule has 5 N–H and O–H groups in total. The van der Waals surface area contributed by atoms with Gasteiger partial charge in [-0.15, -0.1) is 22.7 Å². The molecule has 1 aliphatic rings. The molecule has 1 aliphatic heterocycles. The van der Waals surface area contributed by atoms with Gasteiger partial charge in [-0.1, -0.05) is 13.0 Å². The molecule has 0 saturated carbocycles. The number of amides is 3. The second kappa shape index (κ2) is 15.3. The smallest absolute Gasteiger partial charge is 0.391 e. The summed E-state index contributed by atoms with van der Waals surface area (Å²) in [6.45, 7) is 2.79. The number of thiophene rings is 2. The third-order valence-electron chi connectivity index (χ3n) is 6.32. The van der Waals surface area contributed by atoms with Crippen LogP contribution in [0.15, 0.2) is 29.6 Å². The van der Waals surface area contributed by atoms with Crippen LogP contribution < -0.4 is 10.6 Å². The van der Waals surface area contributed by atoms with E-state index in [1.165, 1.54) is 29.6 Å². The minimum Gasteiger partial charge on any atom is -0.391 e. The summed E-state index contributed by atoms with van der Waals surface area (Å²) in [5.41, 5.74) is 0. The number of aliphatic hydroxyl groups is 3. The minimum absolute atomic E-state index is 0.0117. The number of hydrogen-bond donors (Lipinski definition) is 5. The van der Waals surface area contributed by atoms with Crippen molar-refractivity contribution >= 4 is 52.2 Å². The summed E-state index contributed by atoms with van der Waals surface area (Å²) >= 11 is 4.46. The number of nitroso groups, excluding NO2 is 1. The highest BCUT2D eigenvalue weighted by Gasteiger charge is 2.60. The monoisotopic (exact) mass is 630 g/mol. The third-order valence-corrected chi connectivity index (χ3v) is 9.46. The summed E-state index contributed by atoms with van der Waals surface area (Å²) in [5, 5.41) is 39.9. The zero-order valence-electron chi connectivity index (χ0n) is 23.0. The Balaban J connectivity index is 1.75. The first kappa shape index (κ1) is 33.3. The molecule has 1 saturated heterocycles. The van der Waals surface area contributed by atoms with Crippen LogP contribution >= 0.6 is 34.4 Å². The Hall–Kier alpha value is -2.24. The van der Waals surface area contributed by atoms with Crippen LogP contribution in [0.2, 0.25) is 0 Å². The summed E-state index contributed by atoms with van der Waals surface area (Å²) in [5.74, 6) is -2.83. The lowest BCUT2D eigenvalue weighted by atomic mass is 9.88. The number of carbonyl (C=O) groups is 3. The second-order valence-corrected chi connectivity index (χ2v) is 12.9. The van der Waals surface area contributed by atoms with Crippen LogP contribution in [0.1, 0.15) is 36.4 Å². The molecule has 6 atom stereocenters. The Labute approximate surface area is 250 Å². The minimum atomic E-state index is -2.26. The van der Waals surface area contributed by atoms with E-state index in [4.69, 9.17) is 9.47 Å². The predicted molar refractivity (Wildman–Crippen MR) is 156 cm³/mol. The van der Waals surface area contributed by atoms with Crippen molar-refractivity contribution < 1.29 is 43.9 Å². The Bertz CT molecular complexity index is 1190. The van der Waals surface area contributed by atoms with Crippen LogP contribution in [0.3, 0.4) is 0 Å². The maximum Gasteiger partial charge on any atom is 0.491 e. The standard InChI is InChI=1S/C26H35N3O9S3/c1-4-39-11-6-10-37-26(25(35)29(3)36)13-16(31)21(28-15(2)30)23(38-26)22(33)17(32)14-27-24(34)20-9-8-19(41-20)18-7-5-12-40-18/h5,7-9,12,16-17,21-23,31-33H,4,6,10-11,13-14H2,1-3H3,(H-,27,28,30,34)/p+1. The van der Waals surface area contributed by atoms with Crippen LogP contribution in [0.5, 0.6) is 0 Å². The first-order valence-corrected chi connectivity index (χ1v) is 15.9. The average Bonchev–Trinajstić information content (AvgIpc) is 3.64. The van der Waals surface area contributed by atoms with Gasteiger partial charge in [0.15, 0.2) is 7.05 Å². The molecule has 226 valence electrons. The maximum atomic E-state index is 13.0. The number of hydrogen-bond acceptors (Lipinski definition) is 12. The first-order chi connectivity index (χ1) is 19.5. The van der Waals surface area contributed by atoms with E-state index in [-0.39, 0.29) is 11.4 Å². The number of nitrogens with one attached hydrogen (secondary N) is 2. The highest BCUT2D eigenvalue weighted by Crippen LogP contribution is 2.35. The van der Waals surface area contributed by atoms with E-state index >= 15 is 0 Å². The van der Waals surface area contributed by atoms with E-state index in [2.05, 4.69) is 10.6 Å². The van der Waals surface area contributed by atoms with Gasteiger partial charge >= 0.3 is 11.7 Å². The number of rotatable bonds is 14. The van der Waals surface area contributed by atoms with Crippen molar-refractivity contribution in [2.45, 2.75) is 62.9 Å². The largest absolute Gasteiger partial charge is 0.491 e. The zero-order chi connectivity index (χ0) is 30.2. The maximum absolute atomic E-state index is 13.0. The van der Waals surface area contributed by atoms with Crippen molar-refractivity contribution in [2.75, 3.05) is 31.7 Å². The number of nitrogens with zero attached hydrogens (tertiary/aromatic N) is 1. The molecule has 0 aliphatic carbocycles. The predicted octanol–water partition coefficient (Wildman–Crippen LogP) is 1.37. The molecule has 0 spiro atoms. The van der Waals surface area contributed by atoms with Crippen molar-refractivity contribution in [3.05, 3.63) is 39.4 Å². The quantitative estimate of drug-likeness (QED) is 0.152. The molecule has 12 nitrogen and oxygen atoms in total. The van der Waals surface area contributed by atoms with Crippen LogP contribution in [-0.4, -0.2) is 106 Å². The summed E-state index contributed by atoms with van der Waals surface area (Å²) in [6.07, 6.45) is -6.48. The van der Waals surface area contributed by atoms with Crippen molar-refractivity contribution in [2.24, 2.45) is 0 Å². The third kappa shape index (κ3) is 8.64. The summed E-state index contributed by atoms with van der Waals surface area (Å²) in [4.78, 5) is 52.0. The van der Waals surface area contributed by atoms with Crippen molar-refractivity contribution in [1.82, 2.24) is 10.6 Å². The number of thioether (sulfide) groups is 1. The summed E-state index contributed by atoms with van der Waals surface area (Å²) in [6, 6.07) is 6.06. The fourth-order valence-corrected chi connectivity index (χ4v) is 6.74. The lowest BCUT2D eigenvalue weighted by molar-refractivity contribution is -0.471.